The van der Waals surface area contributed by atoms with Gasteiger partial charge in [0.1, 0.15) is 23.4 Å². The summed E-state index contributed by atoms with van der Waals surface area (Å²) in [6.07, 6.45) is -0.140. The number of phenols is 1. The van der Waals surface area contributed by atoms with E-state index in [4.69, 9.17) is 9.47 Å². The predicted molar refractivity (Wildman–Crippen MR) is 100 cm³/mol. The van der Waals surface area contributed by atoms with Crippen LogP contribution in [0, 0.1) is 0 Å². The summed E-state index contributed by atoms with van der Waals surface area (Å²) in [6, 6.07) is 12.6. The average molecular weight is 356 g/mol. The Kier molecular flexibility index (Phi) is 5.21. The van der Waals surface area contributed by atoms with Crippen LogP contribution in [0.2, 0.25) is 0 Å². The molecule has 0 spiro atoms. The summed E-state index contributed by atoms with van der Waals surface area (Å²) in [5, 5.41) is 10.1. The minimum absolute atomic E-state index is 0.0914. The number of likely N-dealkylation sites (N-methyl/N-ethyl adjacent to an activating group) is 2. The molecule has 2 aromatic rings. The van der Waals surface area contributed by atoms with Crippen LogP contribution in [0.15, 0.2) is 42.5 Å². The highest BCUT2D eigenvalue weighted by Crippen LogP contribution is 2.33. The van der Waals surface area contributed by atoms with Crippen LogP contribution in [0.4, 0.5) is 5.69 Å². The van der Waals surface area contributed by atoms with Crippen LogP contribution in [0.5, 0.6) is 17.2 Å². The van der Waals surface area contributed by atoms with Crippen molar-refractivity contribution in [1.82, 2.24) is 4.90 Å². The molecule has 0 unspecified atom stereocenters. The van der Waals surface area contributed by atoms with E-state index in [9.17, 15) is 9.90 Å². The number of amides is 1. The van der Waals surface area contributed by atoms with Crippen LogP contribution in [0.1, 0.15) is 17.3 Å². The Balaban J connectivity index is 1.72. The third-order valence-corrected chi connectivity index (χ3v) is 4.56. The first kappa shape index (κ1) is 17.9. The van der Waals surface area contributed by atoms with Crippen molar-refractivity contribution in [3.05, 3.63) is 48.0 Å². The molecule has 0 bridgehead atoms. The Hall–Kier alpha value is -2.89. The number of nitrogens with zero attached hydrogens (tertiary/aromatic N) is 2. The van der Waals surface area contributed by atoms with E-state index in [1.165, 1.54) is 13.2 Å². The lowest BCUT2D eigenvalue weighted by Gasteiger charge is -2.37. The molecule has 3 rings (SSSR count). The van der Waals surface area contributed by atoms with Gasteiger partial charge in [0, 0.05) is 19.7 Å². The van der Waals surface area contributed by atoms with E-state index in [1.807, 2.05) is 24.3 Å². The normalized spacial score (nSPS) is 15.8. The number of hydrogen-bond donors (Lipinski definition) is 1. The fourth-order valence-electron chi connectivity index (χ4n) is 3.19. The highest BCUT2D eigenvalue weighted by atomic mass is 16.5. The van der Waals surface area contributed by atoms with Crippen molar-refractivity contribution in [3.63, 3.8) is 0 Å². The third-order valence-electron chi connectivity index (χ3n) is 4.56. The molecule has 0 aromatic heterocycles. The summed E-state index contributed by atoms with van der Waals surface area (Å²) in [6.45, 7) is 4.10. The van der Waals surface area contributed by atoms with E-state index in [1.54, 1.807) is 24.1 Å². The summed E-state index contributed by atoms with van der Waals surface area (Å²) in [5.41, 5.74) is 1.32. The van der Waals surface area contributed by atoms with E-state index in [0.717, 1.165) is 18.0 Å². The van der Waals surface area contributed by atoms with Gasteiger partial charge in [-0.3, -0.25) is 4.79 Å². The lowest BCUT2D eigenvalue weighted by atomic mass is 10.1. The second kappa shape index (κ2) is 7.56. The summed E-state index contributed by atoms with van der Waals surface area (Å²) in [4.78, 5) is 16.5. The lowest BCUT2D eigenvalue weighted by Crippen LogP contribution is -2.46. The zero-order valence-corrected chi connectivity index (χ0v) is 15.3. The summed E-state index contributed by atoms with van der Waals surface area (Å²) in [7, 11) is 3.23. The average Bonchev–Trinajstić information content (AvgIpc) is 2.66. The van der Waals surface area contributed by atoms with Gasteiger partial charge in [0.2, 0.25) is 0 Å². The van der Waals surface area contributed by atoms with Gasteiger partial charge >= 0.3 is 0 Å². The van der Waals surface area contributed by atoms with Crippen molar-refractivity contribution >= 4 is 11.6 Å². The highest BCUT2D eigenvalue weighted by molar-refractivity contribution is 5.96. The fourth-order valence-corrected chi connectivity index (χ4v) is 3.19. The molecule has 1 aliphatic heterocycles. The highest BCUT2D eigenvalue weighted by Gasteiger charge is 2.27. The summed E-state index contributed by atoms with van der Waals surface area (Å²) in [5.74, 6) is 0.994. The Morgan fingerprint density at radius 1 is 1.35 bits per heavy atom. The Morgan fingerprint density at radius 3 is 2.81 bits per heavy atom. The zero-order valence-electron chi connectivity index (χ0n) is 15.3. The molecule has 6 nitrogen and oxygen atoms in total. The van der Waals surface area contributed by atoms with Gasteiger partial charge in [0.25, 0.3) is 5.91 Å². The monoisotopic (exact) mass is 356 g/mol. The topological polar surface area (TPSA) is 62.2 Å². The van der Waals surface area contributed by atoms with Gasteiger partial charge in [-0.05, 0) is 31.2 Å². The van der Waals surface area contributed by atoms with Crippen molar-refractivity contribution in [2.45, 2.75) is 13.0 Å². The smallest absolute Gasteiger partial charge is 0.257 e. The molecule has 1 N–H and O–H groups in total. The van der Waals surface area contributed by atoms with Gasteiger partial charge in [-0.15, -0.1) is 0 Å². The van der Waals surface area contributed by atoms with Crippen LogP contribution in [-0.2, 0) is 0 Å². The van der Waals surface area contributed by atoms with Crippen molar-refractivity contribution in [3.8, 4) is 17.2 Å². The molecule has 1 amide bonds. The molecule has 138 valence electrons. The van der Waals surface area contributed by atoms with E-state index in [-0.39, 0.29) is 23.3 Å². The molecular formula is C20H24N2O4. The Morgan fingerprint density at radius 2 is 2.12 bits per heavy atom. The maximum Gasteiger partial charge on any atom is 0.257 e. The molecule has 1 atom stereocenters. The van der Waals surface area contributed by atoms with Crippen LogP contribution in [-0.4, -0.2) is 55.8 Å². The third kappa shape index (κ3) is 3.54. The van der Waals surface area contributed by atoms with Gasteiger partial charge in [-0.1, -0.05) is 12.1 Å². The Bertz CT molecular complexity index is 793. The number of benzene rings is 2. The number of phenolic OH excluding ortho intramolecular Hbond substituents is 1. The number of methoxy groups -OCH3 is 1. The maximum absolute atomic E-state index is 12.7. The molecule has 0 saturated heterocycles. The predicted octanol–water partition coefficient (Wildman–Crippen LogP) is 2.76. The number of carbonyl (C=O) groups is 1. The first-order valence-electron chi connectivity index (χ1n) is 8.66. The lowest BCUT2D eigenvalue weighted by molar-refractivity contribution is 0.0706. The minimum atomic E-state index is -0.254. The van der Waals surface area contributed by atoms with Gasteiger partial charge in [-0.2, -0.15) is 0 Å². The van der Waals surface area contributed by atoms with Crippen LogP contribution in [0.3, 0.4) is 0 Å². The number of carbonyl (C=O) groups excluding carboxylic acids is 1. The quantitative estimate of drug-likeness (QED) is 0.893. The second-order valence-corrected chi connectivity index (χ2v) is 6.31. The molecule has 0 radical (unpaired) electrons. The number of ether oxygens (including phenoxy) is 2. The summed E-state index contributed by atoms with van der Waals surface area (Å²) >= 11 is 0. The first-order chi connectivity index (χ1) is 12.5. The number of aromatic hydroxyl groups is 1. The zero-order chi connectivity index (χ0) is 18.7. The molecule has 1 aliphatic rings. The number of para-hydroxylation sites is 2. The van der Waals surface area contributed by atoms with Gasteiger partial charge in [0.05, 0.1) is 31.5 Å². The van der Waals surface area contributed by atoms with Crippen molar-refractivity contribution in [2.75, 3.05) is 38.7 Å². The Labute approximate surface area is 153 Å². The van der Waals surface area contributed by atoms with Gasteiger partial charge in [0.15, 0.2) is 0 Å². The second-order valence-electron chi connectivity index (χ2n) is 6.31. The number of hydrogen-bond acceptors (Lipinski definition) is 5. The molecular weight excluding hydrogens is 332 g/mol. The first-order valence-corrected chi connectivity index (χ1v) is 8.66. The molecule has 1 heterocycles. The number of rotatable bonds is 5. The van der Waals surface area contributed by atoms with Gasteiger partial charge in [-0.25, -0.2) is 0 Å². The fraction of sp³-hybridized carbons (Fsp3) is 0.350. The molecule has 0 aliphatic carbocycles. The maximum atomic E-state index is 12.7. The largest absolute Gasteiger partial charge is 0.507 e. The minimum Gasteiger partial charge on any atom is -0.507 e. The van der Waals surface area contributed by atoms with Crippen molar-refractivity contribution < 1.29 is 19.4 Å². The van der Waals surface area contributed by atoms with Crippen LogP contribution >= 0.6 is 0 Å². The summed E-state index contributed by atoms with van der Waals surface area (Å²) < 4.78 is 11.1. The van der Waals surface area contributed by atoms with E-state index in [0.29, 0.717) is 18.8 Å². The SMILES string of the molecule is CCN1C[C@@H](CN(C)C(=O)c2ccc(OC)cc2O)Oc2ccccc21. The van der Waals surface area contributed by atoms with Gasteiger partial charge < -0.3 is 24.4 Å². The van der Waals surface area contributed by atoms with E-state index in [2.05, 4.69) is 11.8 Å². The van der Waals surface area contributed by atoms with Crippen LogP contribution < -0.4 is 14.4 Å². The molecule has 2 aromatic carbocycles. The van der Waals surface area contributed by atoms with E-state index >= 15 is 0 Å². The molecule has 6 heteroatoms. The number of fused-ring (bicyclic) bond motifs is 1. The number of anilines is 1. The van der Waals surface area contributed by atoms with E-state index < -0.39 is 0 Å². The molecule has 26 heavy (non-hydrogen) atoms. The van der Waals surface area contributed by atoms with Crippen LogP contribution in [0.25, 0.3) is 0 Å². The molecule has 0 fully saturated rings. The standard InChI is InChI=1S/C20H24N2O4/c1-4-22-13-15(26-19-8-6-5-7-17(19)22)12-21(2)20(24)16-10-9-14(25-3)11-18(16)23/h5-11,15,23H,4,12-13H2,1-3H3/t15-/m1/s1. The molecule has 0 saturated carbocycles. The van der Waals surface area contributed by atoms with Crippen molar-refractivity contribution in [1.29, 1.82) is 0 Å². The van der Waals surface area contributed by atoms with Crippen molar-refractivity contribution in [2.24, 2.45) is 0 Å².